The van der Waals surface area contributed by atoms with Crippen molar-refractivity contribution in [2.75, 3.05) is 13.1 Å². The molecule has 2 N–H and O–H groups in total. The van der Waals surface area contributed by atoms with Crippen LogP contribution in [0.15, 0.2) is 31.0 Å². The van der Waals surface area contributed by atoms with Crippen molar-refractivity contribution in [2.45, 2.75) is 25.8 Å². The lowest BCUT2D eigenvalue weighted by molar-refractivity contribution is 0.0573. The molecule has 3 heterocycles. The lowest BCUT2D eigenvalue weighted by Crippen LogP contribution is -2.49. The zero-order valence-corrected chi connectivity index (χ0v) is 12.6. The van der Waals surface area contributed by atoms with Crippen LogP contribution in [0.3, 0.4) is 0 Å². The average molecular weight is 300 g/mol. The van der Waals surface area contributed by atoms with Crippen LogP contribution in [-0.2, 0) is 0 Å². The highest BCUT2D eigenvalue weighted by molar-refractivity contribution is 5.94. The van der Waals surface area contributed by atoms with Crippen molar-refractivity contribution in [1.29, 1.82) is 0 Å². The minimum atomic E-state index is -0.00000898. The van der Waals surface area contributed by atoms with Gasteiger partial charge >= 0.3 is 0 Å². The second-order valence-corrected chi connectivity index (χ2v) is 5.76. The summed E-state index contributed by atoms with van der Waals surface area (Å²) in [5.41, 5.74) is 6.41. The highest BCUT2D eigenvalue weighted by atomic mass is 16.2. The number of carbonyl (C=O) groups excluding carboxylic acids is 1. The van der Waals surface area contributed by atoms with Crippen LogP contribution in [-0.4, -0.2) is 49.7 Å². The first-order valence-electron chi connectivity index (χ1n) is 7.51. The second kappa shape index (κ2) is 6.23. The van der Waals surface area contributed by atoms with Gasteiger partial charge in [-0.15, -0.1) is 0 Å². The molecule has 2 atom stereocenters. The van der Waals surface area contributed by atoms with Crippen molar-refractivity contribution in [3.05, 3.63) is 36.5 Å². The van der Waals surface area contributed by atoms with Crippen LogP contribution in [0.5, 0.6) is 0 Å². The predicted molar refractivity (Wildman–Crippen MR) is 81.4 cm³/mol. The Balaban J connectivity index is 1.77. The molecule has 0 saturated carbocycles. The fourth-order valence-electron chi connectivity index (χ4n) is 2.88. The number of amides is 1. The Bertz CT molecular complexity index is 624. The van der Waals surface area contributed by atoms with E-state index in [1.807, 2.05) is 4.90 Å². The Morgan fingerprint density at radius 3 is 2.95 bits per heavy atom. The van der Waals surface area contributed by atoms with Gasteiger partial charge in [0.15, 0.2) is 5.82 Å². The Kier molecular flexibility index (Phi) is 4.15. The number of pyridine rings is 1. The van der Waals surface area contributed by atoms with E-state index in [2.05, 4.69) is 22.0 Å². The summed E-state index contributed by atoms with van der Waals surface area (Å²) in [7, 11) is 0. The molecule has 0 aromatic carbocycles. The molecule has 0 bridgehead atoms. The van der Waals surface area contributed by atoms with Gasteiger partial charge in [0.25, 0.3) is 5.91 Å². The lowest BCUT2D eigenvalue weighted by atomic mass is 9.92. The number of carbonyl (C=O) groups is 1. The molecule has 2 unspecified atom stereocenters. The smallest absolute Gasteiger partial charge is 0.255 e. The molecule has 0 radical (unpaired) electrons. The van der Waals surface area contributed by atoms with Gasteiger partial charge in [-0.1, -0.05) is 6.92 Å². The minimum absolute atomic E-state index is 0.00000898. The van der Waals surface area contributed by atoms with Gasteiger partial charge < -0.3 is 10.6 Å². The maximum Gasteiger partial charge on any atom is 0.255 e. The number of rotatable bonds is 3. The Morgan fingerprint density at radius 1 is 1.45 bits per heavy atom. The molecule has 0 aliphatic carbocycles. The fraction of sp³-hybridized carbons (Fsp3) is 0.467. The quantitative estimate of drug-likeness (QED) is 0.908. The molecule has 3 rings (SSSR count). The topological polar surface area (TPSA) is 89.9 Å². The normalized spacial score (nSPS) is 21.8. The molecular weight excluding hydrogens is 280 g/mol. The van der Waals surface area contributed by atoms with Crippen LogP contribution < -0.4 is 5.73 Å². The van der Waals surface area contributed by atoms with E-state index in [-0.39, 0.29) is 11.9 Å². The van der Waals surface area contributed by atoms with E-state index in [4.69, 9.17) is 5.73 Å². The van der Waals surface area contributed by atoms with Gasteiger partial charge in [-0.25, -0.2) is 14.6 Å². The van der Waals surface area contributed by atoms with Crippen LogP contribution in [0.1, 0.15) is 30.1 Å². The van der Waals surface area contributed by atoms with Crippen molar-refractivity contribution in [2.24, 2.45) is 11.7 Å². The Morgan fingerprint density at radius 2 is 2.32 bits per heavy atom. The summed E-state index contributed by atoms with van der Waals surface area (Å²) in [6.45, 7) is 3.46. The lowest BCUT2D eigenvalue weighted by Gasteiger charge is -2.38. The number of hydrogen-bond acceptors (Lipinski definition) is 5. The third-order valence-corrected chi connectivity index (χ3v) is 4.16. The van der Waals surface area contributed by atoms with E-state index in [1.165, 1.54) is 6.33 Å². The van der Waals surface area contributed by atoms with Crippen LogP contribution in [0.2, 0.25) is 0 Å². The molecular formula is C15H20N6O. The molecule has 1 fully saturated rings. The molecule has 7 nitrogen and oxygen atoms in total. The van der Waals surface area contributed by atoms with E-state index >= 15 is 0 Å². The maximum absolute atomic E-state index is 12.7. The summed E-state index contributed by atoms with van der Waals surface area (Å²) in [4.78, 5) is 22.7. The van der Waals surface area contributed by atoms with E-state index in [1.54, 1.807) is 29.3 Å². The van der Waals surface area contributed by atoms with Crippen molar-refractivity contribution >= 4 is 5.91 Å². The molecule has 1 saturated heterocycles. The SMILES string of the molecule is CC1CCN(C(=O)c2ccc(-n3cncn3)nc2)C(CN)C1. The van der Waals surface area contributed by atoms with Gasteiger partial charge in [0.05, 0.1) is 5.56 Å². The van der Waals surface area contributed by atoms with Crippen molar-refractivity contribution in [3.8, 4) is 5.82 Å². The van der Waals surface area contributed by atoms with E-state index in [0.717, 1.165) is 19.4 Å². The van der Waals surface area contributed by atoms with E-state index in [9.17, 15) is 4.79 Å². The zero-order chi connectivity index (χ0) is 15.5. The summed E-state index contributed by atoms with van der Waals surface area (Å²) in [5, 5.41) is 4.02. The van der Waals surface area contributed by atoms with Gasteiger partial charge in [0.2, 0.25) is 0 Å². The average Bonchev–Trinajstić information content (AvgIpc) is 3.08. The molecule has 1 aliphatic rings. The number of nitrogens with zero attached hydrogens (tertiary/aromatic N) is 5. The van der Waals surface area contributed by atoms with Gasteiger partial charge in [-0.05, 0) is 30.9 Å². The summed E-state index contributed by atoms with van der Waals surface area (Å²) in [6.07, 6.45) is 6.59. The first-order chi connectivity index (χ1) is 10.7. The summed E-state index contributed by atoms with van der Waals surface area (Å²) in [5.74, 6) is 1.25. The number of aromatic nitrogens is 4. The third kappa shape index (κ3) is 2.85. The zero-order valence-electron chi connectivity index (χ0n) is 12.6. The molecule has 1 amide bonds. The standard InChI is InChI=1S/C15H20N6O/c1-11-4-5-20(13(6-11)7-16)15(22)12-2-3-14(18-8-12)21-10-17-9-19-21/h2-3,8-11,13H,4-7,16H2,1H3. The largest absolute Gasteiger partial charge is 0.334 e. The minimum Gasteiger partial charge on any atom is -0.334 e. The van der Waals surface area contributed by atoms with E-state index in [0.29, 0.717) is 23.8 Å². The molecule has 7 heteroatoms. The Hall–Kier alpha value is -2.28. The summed E-state index contributed by atoms with van der Waals surface area (Å²) in [6, 6.07) is 3.66. The first-order valence-corrected chi connectivity index (χ1v) is 7.51. The first kappa shape index (κ1) is 14.6. The number of nitrogens with two attached hydrogens (primary N) is 1. The van der Waals surface area contributed by atoms with Gasteiger partial charge in [0, 0.05) is 25.3 Å². The Labute approximate surface area is 129 Å². The monoisotopic (exact) mass is 300 g/mol. The molecule has 2 aromatic rings. The maximum atomic E-state index is 12.7. The summed E-state index contributed by atoms with van der Waals surface area (Å²) < 4.78 is 1.56. The van der Waals surface area contributed by atoms with Crippen molar-refractivity contribution in [3.63, 3.8) is 0 Å². The molecule has 1 aliphatic heterocycles. The highest BCUT2D eigenvalue weighted by Crippen LogP contribution is 2.23. The molecule has 22 heavy (non-hydrogen) atoms. The second-order valence-electron chi connectivity index (χ2n) is 5.76. The van der Waals surface area contributed by atoms with Gasteiger partial charge in [-0.3, -0.25) is 4.79 Å². The van der Waals surface area contributed by atoms with Crippen molar-refractivity contribution in [1.82, 2.24) is 24.6 Å². The van der Waals surface area contributed by atoms with E-state index < -0.39 is 0 Å². The van der Waals surface area contributed by atoms with Crippen LogP contribution in [0, 0.1) is 5.92 Å². The number of piperidine rings is 1. The number of hydrogen-bond donors (Lipinski definition) is 1. The van der Waals surface area contributed by atoms with Crippen LogP contribution in [0.25, 0.3) is 5.82 Å². The molecule has 2 aromatic heterocycles. The molecule has 0 spiro atoms. The van der Waals surface area contributed by atoms with Crippen LogP contribution >= 0.6 is 0 Å². The predicted octanol–water partition coefficient (Wildman–Crippen LogP) is 0.862. The summed E-state index contributed by atoms with van der Waals surface area (Å²) >= 11 is 0. The van der Waals surface area contributed by atoms with Gasteiger partial charge in [0.1, 0.15) is 12.7 Å². The third-order valence-electron chi connectivity index (χ3n) is 4.16. The molecule has 116 valence electrons. The van der Waals surface area contributed by atoms with Gasteiger partial charge in [-0.2, -0.15) is 5.10 Å². The number of likely N-dealkylation sites (tertiary alicyclic amines) is 1. The van der Waals surface area contributed by atoms with Crippen molar-refractivity contribution < 1.29 is 4.79 Å². The fourth-order valence-corrected chi connectivity index (χ4v) is 2.88. The highest BCUT2D eigenvalue weighted by Gasteiger charge is 2.29. The van der Waals surface area contributed by atoms with Crippen LogP contribution in [0.4, 0.5) is 0 Å².